The fourth-order valence-corrected chi connectivity index (χ4v) is 2.52. The van der Waals surface area contributed by atoms with Gasteiger partial charge in [0.2, 0.25) is 11.2 Å². The van der Waals surface area contributed by atoms with Gasteiger partial charge in [-0.25, -0.2) is 0 Å². The van der Waals surface area contributed by atoms with Crippen molar-refractivity contribution in [1.29, 1.82) is 0 Å². The van der Waals surface area contributed by atoms with Gasteiger partial charge in [0.05, 0.1) is 21.3 Å². The second-order valence-corrected chi connectivity index (χ2v) is 4.76. The van der Waals surface area contributed by atoms with Crippen LogP contribution < -0.4 is 19.6 Å². The van der Waals surface area contributed by atoms with E-state index >= 15 is 0 Å². The van der Waals surface area contributed by atoms with Crippen molar-refractivity contribution < 1.29 is 28.8 Å². The zero-order chi connectivity index (χ0) is 16.7. The summed E-state index contributed by atoms with van der Waals surface area (Å²) in [5, 5.41) is 20.1. The third-order valence-electron chi connectivity index (χ3n) is 3.59. The lowest BCUT2D eigenvalue weighted by Gasteiger charge is -2.12. The Hall–Kier alpha value is -3.09. The van der Waals surface area contributed by atoms with Crippen LogP contribution in [0.25, 0.3) is 21.9 Å². The van der Waals surface area contributed by atoms with Crippen LogP contribution in [0, 0.1) is 0 Å². The molecule has 0 aliphatic carbocycles. The molecule has 0 aliphatic rings. The van der Waals surface area contributed by atoms with Crippen LogP contribution in [0.2, 0.25) is 0 Å². The molecule has 0 saturated carbocycles. The normalized spacial score (nSPS) is 10.9. The monoisotopic (exact) mass is 318 g/mol. The largest absolute Gasteiger partial charge is 0.507 e. The summed E-state index contributed by atoms with van der Waals surface area (Å²) in [6.07, 6.45) is 0. The Bertz CT molecular complexity index is 972. The highest BCUT2D eigenvalue weighted by atomic mass is 16.5. The maximum Gasteiger partial charge on any atom is 0.208 e. The molecular formula is C16H14O7. The minimum atomic E-state index is -0.601. The number of hydrogen-bond acceptors (Lipinski definition) is 7. The first-order valence-electron chi connectivity index (χ1n) is 6.63. The van der Waals surface area contributed by atoms with Gasteiger partial charge in [0, 0.05) is 6.07 Å². The van der Waals surface area contributed by atoms with Crippen LogP contribution >= 0.6 is 0 Å². The molecule has 3 aromatic rings. The number of aromatic hydroxyl groups is 2. The first-order valence-corrected chi connectivity index (χ1v) is 6.63. The minimum absolute atomic E-state index is 0.0337. The lowest BCUT2D eigenvalue weighted by Crippen LogP contribution is -2.05. The van der Waals surface area contributed by atoms with Gasteiger partial charge < -0.3 is 28.8 Å². The molecule has 1 aromatic heterocycles. The molecule has 7 heteroatoms. The molecule has 23 heavy (non-hydrogen) atoms. The molecule has 0 amide bonds. The number of hydrogen-bond donors (Lipinski definition) is 2. The van der Waals surface area contributed by atoms with E-state index in [9.17, 15) is 15.0 Å². The first kappa shape index (κ1) is 14.8. The molecule has 0 bridgehead atoms. The van der Waals surface area contributed by atoms with Crippen molar-refractivity contribution in [3.8, 4) is 28.7 Å². The molecule has 0 atom stereocenters. The predicted molar refractivity (Wildman–Crippen MR) is 83.0 cm³/mol. The van der Waals surface area contributed by atoms with E-state index in [0.29, 0.717) is 0 Å². The van der Waals surface area contributed by atoms with Crippen LogP contribution in [-0.4, -0.2) is 31.5 Å². The van der Waals surface area contributed by atoms with Crippen molar-refractivity contribution in [2.75, 3.05) is 21.3 Å². The van der Waals surface area contributed by atoms with Gasteiger partial charge in [-0.05, 0) is 12.1 Å². The van der Waals surface area contributed by atoms with Gasteiger partial charge in [0.15, 0.2) is 22.8 Å². The topological polar surface area (TPSA) is 98.4 Å². The predicted octanol–water partition coefficient (Wildman–Crippen LogP) is 2.38. The standard InChI is InChI=1S/C16H14O7/c1-20-9-5-4-8-12(13(9)18)14(19)11-7(17)6-10(21-2)15(22-3)16(11)23-8/h4-6,17-18H,1-3H3. The van der Waals surface area contributed by atoms with Crippen molar-refractivity contribution in [3.63, 3.8) is 0 Å². The van der Waals surface area contributed by atoms with E-state index in [4.69, 9.17) is 18.6 Å². The van der Waals surface area contributed by atoms with Gasteiger partial charge in [0.1, 0.15) is 22.1 Å². The molecule has 2 N–H and O–H groups in total. The Morgan fingerprint density at radius 1 is 0.957 bits per heavy atom. The van der Waals surface area contributed by atoms with E-state index in [1.165, 1.54) is 39.5 Å². The van der Waals surface area contributed by atoms with Crippen LogP contribution in [0.4, 0.5) is 0 Å². The van der Waals surface area contributed by atoms with Crippen molar-refractivity contribution in [3.05, 3.63) is 28.4 Å². The van der Waals surface area contributed by atoms with E-state index in [2.05, 4.69) is 0 Å². The number of rotatable bonds is 3. The van der Waals surface area contributed by atoms with Gasteiger partial charge in [0.25, 0.3) is 0 Å². The van der Waals surface area contributed by atoms with Gasteiger partial charge in [-0.2, -0.15) is 0 Å². The summed E-state index contributed by atoms with van der Waals surface area (Å²) in [5.74, 6) is -0.165. The zero-order valence-electron chi connectivity index (χ0n) is 12.7. The summed E-state index contributed by atoms with van der Waals surface area (Å²) in [4.78, 5) is 12.7. The zero-order valence-corrected chi connectivity index (χ0v) is 12.7. The second-order valence-electron chi connectivity index (χ2n) is 4.76. The summed E-state index contributed by atoms with van der Waals surface area (Å²) in [6, 6.07) is 4.21. The maximum absolute atomic E-state index is 12.7. The third-order valence-corrected chi connectivity index (χ3v) is 3.59. The molecule has 2 aromatic carbocycles. The Balaban J connectivity index is 2.58. The lowest BCUT2D eigenvalue weighted by molar-refractivity contribution is 0.350. The van der Waals surface area contributed by atoms with Crippen molar-refractivity contribution in [2.45, 2.75) is 0 Å². The molecule has 0 aliphatic heterocycles. The van der Waals surface area contributed by atoms with Gasteiger partial charge >= 0.3 is 0 Å². The summed E-state index contributed by atoms with van der Waals surface area (Å²) >= 11 is 0. The SMILES string of the molecule is COc1cc(O)c2c(=O)c3c(O)c(OC)ccc3oc2c1OC. The van der Waals surface area contributed by atoms with Crippen LogP contribution in [0.1, 0.15) is 0 Å². The number of ether oxygens (including phenoxy) is 3. The first-order chi connectivity index (χ1) is 11.0. The van der Waals surface area contributed by atoms with Crippen LogP contribution in [-0.2, 0) is 0 Å². The van der Waals surface area contributed by atoms with Crippen molar-refractivity contribution >= 4 is 21.9 Å². The highest BCUT2D eigenvalue weighted by Gasteiger charge is 2.22. The summed E-state index contributed by atoms with van der Waals surface area (Å²) in [7, 11) is 4.16. The summed E-state index contributed by atoms with van der Waals surface area (Å²) < 4.78 is 21.0. The Labute approximate surface area is 130 Å². The number of benzene rings is 2. The average Bonchev–Trinajstić information content (AvgIpc) is 2.54. The summed E-state index contributed by atoms with van der Waals surface area (Å²) in [6.45, 7) is 0. The average molecular weight is 318 g/mol. The Morgan fingerprint density at radius 3 is 2.26 bits per heavy atom. The summed E-state index contributed by atoms with van der Waals surface area (Å²) in [5.41, 5.74) is -0.436. The van der Waals surface area contributed by atoms with Gasteiger partial charge in [-0.3, -0.25) is 4.79 Å². The van der Waals surface area contributed by atoms with E-state index in [-0.39, 0.29) is 50.7 Å². The quantitative estimate of drug-likeness (QED) is 0.715. The molecule has 1 heterocycles. The highest BCUT2D eigenvalue weighted by Crippen LogP contribution is 2.42. The van der Waals surface area contributed by atoms with E-state index in [1.54, 1.807) is 0 Å². The molecule has 0 radical (unpaired) electrons. The molecule has 0 fully saturated rings. The van der Waals surface area contributed by atoms with Crippen molar-refractivity contribution in [1.82, 2.24) is 0 Å². The maximum atomic E-state index is 12.7. The smallest absolute Gasteiger partial charge is 0.208 e. The molecule has 0 spiro atoms. The molecule has 0 unspecified atom stereocenters. The van der Waals surface area contributed by atoms with Crippen LogP contribution in [0.15, 0.2) is 27.4 Å². The minimum Gasteiger partial charge on any atom is -0.507 e. The second kappa shape index (κ2) is 5.28. The van der Waals surface area contributed by atoms with Crippen LogP contribution in [0.5, 0.6) is 28.7 Å². The molecule has 0 saturated heterocycles. The molecule has 3 rings (SSSR count). The van der Waals surface area contributed by atoms with E-state index < -0.39 is 5.43 Å². The Morgan fingerprint density at radius 2 is 1.65 bits per heavy atom. The Kier molecular flexibility index (Phi) is 3.40. The van der Waals surface area contributed by atoms with Crippen molar-refractivity contribution in [2.24, 2.45) is 0 Å². The highest BCUT2D eigenvalue weighted by molar-refractivity contribution is 6.00. The van der Waals surface area contributed by atoms with E-state index in [1.807, 2.05) is 0 Å². The molecule has 120 valence electrons. The fourth-order valence-electron chi connectivity index (χ4n) is 2.52. The number of phenolic OH excluding ortho intramolecular Hbond substituents is 2. The number of methoxy groups -OCH3 is 3. The number of phenols is 2. The van der Waals surface area contributed by atoms with Gasteiger partial charge in [-0.15, -0.1) is 0 Å². The third kappa shape index (κ3) is 2.01. The fraction of sp³-hybridized carbons (Fsp3) is 0.188. The number of fused-ring (bicyclic) bond motifs is 2. The molecular weight excluding hydrogens is 304 g/mol. The van der Waals surface area contributed by atoms with Crippen LogP contribution in [0.3, 0.4) is 0 Å². The lowest BCUT2D eigenvalue weighted by atomic mass is 10.1. The molecule has 7 nitrogen and oxygen atoms in total. The van der Waals surface area contributed by atoms with E-state index in [0.717, 1.165) is 0 Å². The van der Waals surface area contributed by atoms with Gasteiger partial charge in [-0.1, -0.05) is 0 Å².